The number of fused-ring (bicyclic) bond motifs is 6. The molecule has 0 aliphatic carbocycles. The van der Waals surface area contributed by atoms with Gasteiger partial charge in [-0.1, -0.05) is 146 Å². The molecule has 0 unspecified atom stereocenters. The summed E-state index contributed by atoms with van der Waals surface area (Å²) in [4.78, 5) is 0. The first-order valence-electron chi connectivity index (χ1n) is 17.6. The van der Waals surface area contributed by atoms with Gasteiger partial charge in [0.15, 0.2) is 0 Å². The van der Waals surface area contributed by atoms with Gasteiger partial charge in [0.2, 0.25) is 0 Å². The Labute approximate surface area is 301 Å². The first kappa shape index (κ1) is 29.7. The number of nitriles is 1. The van der Waals surface area contributed by atoms with Crippen molar-refractivity contribution in [3.63, 3.8) is 0 Å². The first-order chi connectivity index (χ1) is 25.8. The maximum atomic E-state index is 10.1. The molecule has 0 atom stereocenters. The van der Waals surface area contributed by atoms with E-state index in [1.165, 1.54) is 49.4 Å². The molecule has 242 valence electrons. The minimum atomic E-state index is 0.645. The largest absolute Gasteiger partial charge is 0.309 e. The number of para-hydroxylation sites is 5. The second-order valence-electron chi connectivity index (χ2n) is 13.2. The molecule has 8 aromatic carbocycles. The Hall–Kier alpha value is -7.15. The molecule has 0 spiro atoms. The smallest absolute Gasteiger partial charge is 0.101 e. The van der Waals surface area contributed by atoms with E-state index in [1.807, 2.05) is 24.3 Å². The summed E-state index contributed by atoms with van der Waals surface area (Å²) in [6.07, 6.45) is 0. The Balaban J connectivity index is 1.25. The second kappa shape index (κ2) is 12.0. The van der Waals surface area contributed by atoms with Gasteiger partial charge in [0.25, 0.3) is 0 Å². The molecule has 0 aliphatic heterocycles. The van der Waals surface area contributed by atoms with Crippen LogP contribution in [0.1, 0.15) is 5.56 Å². The van der Waals surface area contributed by atoms with E-state index in [9.17, 15) is 5.26 Å². The number of benzene rings is 8. The van der Waals surface area contributed by atoms with Crippen molar-refractivity contribution in [2.75, 3.05) is 0 Å². The molecule has 0 saturated heterocycles. The van der Waals surface area contributed by atoms with Crippen molar-refractivity contribution in [1.82, 2.24) is 9.13 Å². The summed E-state index contributed by atoms with van der Waals surface area (Å²) in [6, 6.07) is 69.1. The molecule has 3 nitrogen and oxygen atoms in total. The van der Waals surface area contributed by atoms with Crippen LogP contribution >= 0.6 is 0 Å². The summed E-state index contributed by atoms with van der Waals surface area (Å²) in [6.45, 7) is 0. The highest BCUT2D eigenvalue weighted by Gasteiger charge is 2.22. The number of hydrogen-bond acceptors (Lipinski definition) is 1. The summed E-state index contributed by atoms with van der Waals surface area (Å²) in [5.74, 6) is 0. The van der Waals surface area contributed by atoms with E-state index in [1.54, 1.807) is 0 Å². The van der Waals surface area contributed by atoms with Gasteiger partial charge in [-0.05, 0) is 70.3 Å². The first-order valence-corrected chi connectivity index (χ1v) is 17.6. The van der Waals surface area contributed by atoms with E-state index in [0.29, 0.717) is 5.56 Å². The predicted octanol–water partition coefficient (Wildman–Crippen LogP) is 12.8. The van der Waals surface area contributed by atoms with Gasteiger partial charge in [-0.2, -0.15) is 5.26 Å². The number of aromatic nitrogens is 2. The zero-order valence-corrected chi connectivity index (χ0v) is 28.2. The normalized spacial score (nSPS) is 11.4. The van der Waals surface area contributed by atoms with Crippen LogP contribution < -0.4 is 0 Å². The van der Waals surface area contributed by atoms with Crippen molar-refractivity contribution in [2.45, 2.75) is 0 Å². The number of hydrogen-bond donors (Lipinski definition) is 0. The Bertz CT molecular complexity index is 3030. The van der Waals surface area contributed by atoms with Gasteiger partial charge in [0, 0.05) is 32.8 Å². The van der Waals surface area contributed by atoms with E-state index >= 15 is 0 Å². The highest BCUT2D eigenvalue weighted by molar-refractivity contribution is 6.18. The molecule has 0 amide bonds. The van der Waals surface area contributed by atoms with Crippen LogP contribution in [0.15, 0.2) is 188 Å². The lowest BCUT2D eigenvalue weighted by Crippen LogP contribution is -1.97. The van der Waals surface area contributed by atoms with Crippen LogP contribution in [0.5, 0.6) is 0 Å². The third-order valence-corrected chi connectivity index (χ3v) is 10.4. The molecule has 0 aliphatic rings. The minimum absolute atomic E-state index is 0.645. The molecular formula is C49H31N3. The van der Waals surface area contributed by atoms with E-state index in [0.717, 1.165) is 38.9 Å². The van der Waals surface area contributed by atoms with Crippen LogP contribution in [0.25, 0.3) is 88.4 Å². The summed E-state index contributed by atoms with van der Waals surface area (Å²) < 4.78 is 4.66. The standard InChI is InChI=1S/C49H31N3/c50-32-33-16-4-11-28-44(33)52-46-30-13-10-24-43(46)48-40(25-15-31-47(48)52)37-21-7-5-19-35(37)36-20-6-8-22-38(36)41-26-14-27-42-39-23-9-12-29-45(39)51(49(41)42)34-17-2-1-3-18-34/h1-31H. The SMILES string of the molecule is N#Cc1ccccc1-n1c2ccccc2c2c(-c3ccccc3-c3ccccc3-c3cccc4c5ccccc5n(-c5ccccc5)c34)cccc21. The predicted molar refractivity (Wildman–Crippen MR) is 216 cm³/mol. The van der Waals surface area contributed by atoms with Crippen molar-refractivity contribution < 1.29 is 0 Å². The topological polar surface area (TPSA) is 33.6 Å². The molecule has 2 aromatic heterocycles. The van der Waals surface area contributed by atoms with Gasteiger partial charge in [0.1, 0.15) is 6.07 Å². The Kier molecular flexibility index (Phi) is 6.87. The van der Waals surface area contributed by atoms with Gasteiger partial charge in [-0.25, -0.2) is 0 Å². The van der Waals surface area contributed by atoms with E-state index in [-0.39, 0.29) is 0 Å². The molecule has 10 aromatic rings. The highest BCUT2D eigenvalue weighted by Crippen LogP contribution is 2.46. The van der Waals surface area contributed by atoms with Gasteiger partial charge in [0.05, 0.1) is 33.3 Å². The van der Waals surface area contributed by atoms with Gasteiger partial charge in [-0.15, -0.1) is 0 Å². The lowest BCUT2D eigenvalue weighted by Gasteiger charge is -2.17. The lowest BCUT2D eigenvalue weighted by molar-refractivity contribution is 1.17. The fraction of sp³-hybridized carbons (Fsp3) is 0. The number of rotatable bonds is 5. The zero-order valence-electron chi connectivity index (χ0n) is 28.2. The van der Waals surface area contributed by atoms with Crippen LogP contribution in [0.3, 0.4) is 0 Å². The molecule has 0 saturated carbocycles. The van der Waals surface area contributed by atoms with Crippen LogP contribution in [0, 0.1) is 11.3 Å². The Morgan fingerprint density at radius 2 is 0.827 bits per heavy atom. The monoisotopic (exact) mass is 661 g/mol. The molecule has 52 heavy (non-hydrogen) atoms. The van der Waals surface area contributed by atoms with Gasteiger partial charge < -0.3 is 9.13 Å². The molecule has 2 heterocycles. The minimum Gasteiger partial charge on any atom is -0.309 e. The summed E-state index contributed by atoms with van der Waals surface area (Å²) in [5.41, 5.74) is 14.2. The molecule has 10 rings (SSSR count). The molecule has 3 heteroatoms. The third-order valence-electron chi connectivity index (χ3n) is 10.4. The molecular weight excluding hydrogens is 631 g/mol. The van der Waals surface area contributed by atoms with E-state index < -0.39 is 0 Å². The van der Waals surface area contributed by atoms with Gasteiger partial charge >= 0.3 is 0 Å². The van der Waals surface area contributed by atoms with Crippen LogP contribution in [0.4, 0.5) is 0 Å². The summed E-state index contributed by atoms with van der Waals surface area (Å²) in [7, 11) is 0. The van der Waals surface area contributed by atoms with Gasteiger partial charge in [-0.3, -0.25) is 0 Å². The van der Waals surface area contributed by atoms with Crippen molar-refractivity contribution in [1.29, 1.82) is 5.26 Å². The molecule has 0 bridgehead atoms. The Morgan fingerprint density at radius 1 is 0.346 bits per heavy atom. The second-order valence-corrected chi connectivity index (χ2v) is 13.2. The van der Waals surface area contributed by atoms with Crippen molar-refractivity contribution >= 4 is 43.6 Å². The van der Waals surface area contributed by atoms with Crippen molar-refractivity contribution in [2.24, 2.45) is 0 Å². The third kappa shape index (κ3) is 4.45. The highest BCUT2D eigenvalue weighted by atomic mass is 15.0. The fourth-order valence-electron chi connectivity index (χ4n) is 8.25. The maximum absolute atomic E-state index is 10.1. The zero-order chi connectivity index (χ0) is 34.6. The average molecular weight is 662 g/mol. The van der Waals surface area contributed by atoms with Crippen LogP contribution in [-0.2, 0) is 0 Å². The van der Waals surface area contributed by atoms with Crippen molar-refractivity contribution in [3.8, 4) is 50.8 Å². The van der Waals surface area contributed by atoms with Crippen LogP contribution in [-0.4, -0.2) is 9.13 Å². The Morgan fingerprint density at radius 3 is 1.56 bits per heavy atom. The fourth-order valence-corrected chi connectivity index (χ4v) is 8.25. The van der Waals surface area contributed by atoms with E-state index in [4.69, 9.17) is 0 Å². The van der Waals surface area contributed by atoms with Crippen LogP contribution in [0.2, 0.25) is 0 Å². The van der Waals surface area contributed by atoms with E-state index in [2.05, 4.69) is 179 Å². The number of nitrogens with zero attached hydrogens (tertiary/aromatic N) is 3. The summed E-state index contributed by atoms with van der Waals surface area (Å²) in [5, 5.41) is 14.9. The molecule has 0 radical (unpaired) electrons. The molecule has 0 fully saturated rings. The average Bonchev–Trinajstić information content (AvgIpc) is 3.74. The quantitative estimate of drug-likeness (QED) is 0.181. The molecule has 0 N–H and O–H groups in total. The maximum Gasteiger partial charge on any atom is 0.101 e. The summed E-state index contributed by atoms with van der Waals surface area (Å²) >= 11 is 0. The van der Waals surface area contributed by atoms with Crippen molar-refractivity contribution in [3.05, 3.63) is 194 Å². The lowest BCUT2D eigenvalue weighted by atomic mass is 9.87.